The summed E-state index contributed by atoms with van der Waals surface area (Å²) in [7, 11) is 0. The van der Waals surface area contributed by atoms with Crippen molar-refractivity contribution in [3.05, 3.63) is 59.2 Å². The van der Waals surface area contributed by atoms with E-state index in [0.717, 1.165) is 37.6 Å². The second kappa shape index (κ2) is 17.0. The van der Waals surface area contributed by atoms with Crippen LogP contribution in [0.3, 0.4) is 0 Å². The van der Waals surface area contributed by atoms with Crippen molar-refractivity contribution in [3.8, 4) is 11.5 Å². The zero-order chi connectivity index (χ0) is 28.8. The molecule has 0 atom stereocenters. The Morgan fingerprint density at radius 2 is 1.20 bits per heavy atom. The molecule has 0 aliphatic carbocycles. The van der Waals surface area contributed by atoms with Crippen LogP contribution in [0.1, 0.15) is 109 Å². The van der Waals surface area contributed by atoms with Gasteiger partial charge in [0.2, 0.25) is 0 Å². The van der Waals surface area contributed by atoms with E-state index in [9.17, 15) is 0 Å². The van der Waals surface area contributed by atoms with Crippen molar-refractivity contribution in [2.75, 3.05) is 52.5 Å². The highest BCUT2D eigenvalue weighted by Crippen LogP contribution is 2.32. The Morgan fingerprint density at radius 3 is 1.75 bits per heavy atom. The van der Waals surface area contributed by atoms with Crippen LogP contribution in [0.5, 0.6) is 11.5 Å². The van der Waals surface area contributed by atoms with E-state index in [1.54, 1.807) is 0 Å². The Kier molecular flexibility index (Phi) is 13.8. The minimum atomic E-state index is 0.113. The Morgan fingerprint density at radius 1 is 0.675 bits per heavy atom. The maximum absolute atomic E-state index is 6.19. The molecule has 0 bridgehead atoms. The number of piperazine rings is 1. The monoisotopic (exact) mass is 550 g/mol. The lowest BCUT2D eigenvalue weighted by atomic mass is 9.85. The van der Waals surface area contributed by atoms with Gasteiger partial charge in [0, 0.05) is 26.2 Å². The summed E-state index contributed by atoms with van der Waals surface area (Å²) < 4.78 is 12.3. The summed E-state index contributed by atoms with van der Waals surface area (Å²) in [6.07, 6.45) is 10.0. The highest BCUT2D eigenvalue weighted by Gasteiger charge is 2.19. The Hall–Kier alpha value is -2.04. The fourth-order valence-corrected chi connectivity index (χ4v) is 5.63. The van der Waals surface area contributed by atoms with Crippen molar-refractivity contribution in [2.24, 2.45) is 0 Å². The molecule has 40 heavy (non-hydrogen) atoms. The quantitative estimate of drug-likeness (QED) is 0.184. The maximum atomic E-state index is 6.19. The third kappa shape index (κ3) is 11.4. The van der Waals surface area contributed by atoms with Gasteiger partial charge < -0.3 is 19.3 Å². The van der Waals surface area contributed by atoms with Crippen molar-refractivity contribution < 1.29 is 9.47 Å². The Balaban J connectivity index is 1.16. The van der Waals surface area contributed by atoms with Crippen LogP contribution in [0.25, 0.3) is 0 Å². The van der Waals surface area contributed by atoms with Crippen LogP contribution in [0.2, 0.25) is 0 Å². The second-order valence-corrected chi connectivity index (χ2v) is 13.2. The van der Waals surface area contributed by atoms with E-state index in [0.29, 0.717) is 5.92 Å². The van der Waals surface area contributed by atoms with Gasteiger partial charge in [0.1, 0.15) is 11.5 Å². The predicted molar refractivity (Wildman–Crippen MR) is 171 cm³/mol. The zero-order valence-electron chi connectivity index (χ0n) is 26.6. The van der Waals surface area contributed by atoms with Gasteiger partial charge in [-0.3, -0.25) is 0 Å². The molecule has 0 radical (unpaired) electrons. The topological polar surface area (TPSA) is 24.9 Å². The van der Waals surface area contributed by atoms with Gasteiger partial charge in [0.15, 0.2) is 0 Å². The van der Waals surface area contributed by atoms with E-state index in [4.69, 9.17) is 9.47 Å². The van der Waals surface area contributed by atoms with E-state index in [1.165, 1.54) is 94.5 Å². The van der Waals surface area contributed by atoms with Crippen molar-refractivity contribution in [1.29, 1.82) is 0 Å². The molecule has 0 spiro atoms. The maximum Gasteiger partial charge on any atom is 0.123 e. The van der Waals surface area contributed by atoms with E-state index >= 15 is 0 Å². The molecule has 0 amide bonds. The van der Waals surface area contributed by atoms with Gasteiger partial charge in [-0.15, -0.1) is 0 Å². The van der Waals surface area contributed by atoms with Crippen LogP contribution in [0.15, 0.2) is 42.5 Å². The molecule has 4 heteroatoms. The lowest BCUT2D eigenvalue weighted by Crippen LogP contribution is -2.46. The molecule has 0 saturated carbocycles. The molecule has 224 valence electrons. The normalized spacial score (nSPS) is 15.1. The molecule has 4 nitrogen and oxygen atoms in total. The molecule has 1 fully saturated rings. The van der Waals surface area contributed by atoms with E-state index in [-0.39, 0.29) is 5.41 Å². The summed E-state index contributed by atoms with van der Waals surface area (Å²) in [5.41, 5.74) is 4.06. The van der Waals surface area contributed by atoms with Gasteiger partial charge >= 0.3 is 0 Å². The number of unbranched alkanes of at least 4 members (excludes halogenated alkanes) is 6. The van der Waals surface area contributed by atoms with E-state index in [2.05, 4.69) is 93.8 Å². The molecule has 2 aromatic carbocycles. The van der Waals surface area contributed by atoms with Crippen LogP contribution < -0.4 is 9.47 Å². The standard InChI is InChI=1S/C36H58N2O2/c1-30(2)32-17-11-12-18-34(32)39-27-15-9-7-13-21-37-23-25-38(26-24-37)22-14-8-10-16-28-40-35-20-19-31(3)29-33(35)36(4,5)6/h11-12,17-20,29-30H,7-10,13-16,21-28H2,1-6H3. The minimum Gasteiger partial charge on any atom is -0.493 e. The molecule has 1 heterocycles. The zero-order valence-corrected chi connectivity index (χ0v) is 26.6. The summed E-state index contributed by atoms with van der Waals surface area (Å²) in [5, 5.41) is 0. The first-order valence-corrected chi connectivity index (χ1v) is 16.1. The van der Waals surface area contributed by atoms with Gasteiger partial charge in [-0.2, -0.15) is 0 Å². The summed E-state index contributed by atoms with van der Waals surface area (Å²) in [5.74, 6) is 2.64. The fraction of sp³-hybridized carbons (Fsp3) is 0.667. The third-order valence-electron chi connectivity index (χ3n) is 8.20. The molecule has 1 aliphatic heterocycles. The van der Waals surface area contributed by atoms with Gasteiger partial charge in [-0.25, -0.2) is 0 Å². The highest BCUT2D eigenvalue weighted by atomic mass is 16.5. The summed E-state index contributed by atoms with van der Waals surface area (Å²) in [6.45, 7) is 22.5. The van der Waals surface area contributed by atoms with Gasteiger partial charge in [-0.1, -0.05) is 96.2 Å². The van der Waals surface area contributed by atoms with Gasteiger partial charge in [0.05, 0.1) is 13.2 Å². The average molecular weight is 551 g/mol. The molecule has 0 N–H and O–H groups in total. The average Bonchev–Trinajstić information content (AvgIpc) is 2.93. The van der Waals surface area contributed by atoms with Crippen molar-refractivity contribution in [1.82, 2.24) is 9.80 Å². The highest BCUT2D eigenvalue weighted by molar-refractivity contribution is 5.41. The first-order chi connectivity index (χ1) is 19.2. The second-order valence-electron chi connectivity index (χ2n) is 13.2. The first kappa shape index (κ1) is 32.5. The number of ether oxygens (including phenoxy) is 2. The SMILES string of the molecule is Cc1ccc(OCCCCCCN2CCN(CCCCCCOc3ccccc3C(C)C)CC2)c(C(C)(C)C)c1. The van der Waals surface area contributed by atoms with Gasteiger partial charge in [0.25, 0.3) is 0 Å². The van der Waals surface area contributed by atoms with Crippen LogP contribution in [-0.4, -0.2) is 62.3 Å². The van der Waals surface area contributed by atoms with Crippen molar-refractivity contribution >= 4 is 0 Å². The van der Waals surface area contributed by atoms with Crippen molar-refractivity contribution in [2.45, 2.75) is 104 Å². The van der Waals surface area contributed by atoms with Crippen molar-refractivity contribution in [3.63, 3.8) is 0 Å². The van der Waals surface area contributed by atoms with E-state index in [1.807, 2.05) is 0 Å². The van der Waals surface area contributed by atoms with Crippen LogP contribution in [0.4, 0.5) is 0 Å². The molecule has 1 aliphatic rings. The number of nitrogens with zero attached hydrogens (tertiary/aromatic N) is 2. The minimum absolute atomic E-state index is 0.113. The number of hydrogen-bond acceptors (Lipinski definition) is 4. The molecular formula is C36H58N2O2. The number of aryl methyl sites for hydroxylation is 1. The Bertz CT molecular complexity index is 973. The Labute approximate surface area is 246 Å². The smallest absolute Gasteiger partial charge is 0.123 e. The van der Waals surface area contributed by atoms with E-state index < -0.39 is 0 Å². The molecule has 2 aromatic rings. The lowest BCUT2D eigenvalue weighted by Gasteiger charge is -2.34. The summed E-state index contributed by atoms with van der Waals surface area (Å²) >= 11 is 0. The predicted octanol–water partition coefficient (Wildman–Crippen LogP) is 8.61. The largest absolute Gasteiger partial charge is 0.493 e. The molecule has 3 rings (SSSR count). The molecule has 0 aromatic heterocycles. The fourth-order valence-electron chi connectivity index (χ4n) is 5.63. The number of benzene rings is 2. The lowest BCUT2D eigenvalue weighted by molar-refractivity contribution is 0.128. The number of para-hydroxylation sites is 1. The summed E-state index contributed by atoms with van der Waals surface area (Å²) in [6, 6.07) is 15.1. The van der Waals surface area contributed by atoms with Crippen LogP contribution in [0, 0.1) is 6.92 Å². The molecule has 1 saturated heterocycles. The number of hydrogen-bond donors (Lipinski definition) is 0. The number of rotatable bonds is 17. The molecule has 0 unspecified atom stereocenters. The van der Waals surface area contributed by atoms with Gasteiger partial charge in [-0.05, 0) is 80.3 Å². The third-order valence-corrected chi connectivity index (χ3v) is 8.20. The van der Waals surface area contributed by atoms with Crippen LogP contribution in [-0.2, 0) is 5.41 Å². The first-order valence-electron chi connectivity index (χ1n) is 16.1. The summed E-state index contributed by atoms with van der Waals surface area (Å²) in [4.78, 5) is 5.33. The molecular weight excluding hydrogens is 492 g/mol. The van der Waals surface area contributed by atoms with Crippen LogP contribution >= 0.6 is 0 Å².